The van der Waals surface area contributed by atoms with Crippen LogP contribution in [0.2, 0.25) is 0 Å². The quantitative estimate of drug-likeness (QED) is 0.873. The normalized spacial score (nSPS) is 19.0. The highest BCUT2D eigenvalue weighted by Gasteiger charge is 2.42. The Kier molecular flexibility index (Phi) is 5.48. The van der Waals surface area contributed by atoms with Crippen LogP contribution in [0.25, 0.3) is 0 Å². The van der Waals surface area contributed by atoms with E-state index in [4.69, 9.17) is 14.2 Å². The molecule has 0 aromatic heterocycles. The lowest BCUT2D eigenvalue weighted by Crippen LogP contribution is -2.46. The molecular formula is C17H27NO3. The molecule has 1 atom stereocenters. The molecule has 0 spiro atoms. The summed E-state index contributed by atoms with van der Waals surface area (Å²) in [6.45, 7) is 0. The molecule has 1 aromatic rings. The van der Waals surface area contributed by atoms with E-state index in [1.807, 2.05) is 32.4 Å². The summed E-state index contributed by atoms with van der Waals surface area (Å²) < 4.78 is 17.2. The fourth-order valence-electron chi connectivity index (χ4n) is 3.60. The minimum Gasteiger partial charge on any atom is -0.496 e. The minimum atomic E-state index is -0.199. The summed E-state index contributed by atoms with van der Waals surface area (Å²) in [7, 11) is 7.19. The molecule has 21 heavy (non-hydrogen) atoms. The van der Waals surface area contributed by atoms with E-state index in [9.17, 15) is 0 Å². The fourth-order valence-corrected chi connectivity index (χ4v) is 3.60. The molecule has 1 unspecified atom stereocenters. The maximum absolute atomic E-state index is 6.01. The summed E-state index contributed by atoms with van der Waals surface area (Å²) in [6.07, 6.45) is 5.78. The smallest absolute Gasteiger partial charge is 0.127 e. The Bertz CT molecular complexity index is 433. The van der Waals surface area contributed by atoms with Crippen molar-refractivity contribution in [1.29, 1.82) is 0 Å². The van der Waals surface area contributed by atoms with Crippen molar-refractivity contribution in [2.75, 3.05) is 28.4 Å². The Balaban J connectivity index is 2.49. The highest BCUT2D eigenvalue weighted by atomic mass is 16.5. The van der Waals surface area contributed by atoms with Gasteiger partial charge in [0.1, 0.15) is 11.5 Å². The van der Waals surface area contributed by atoms with Crippen molar-refractivity contribution >= 4 is 0 Å². The van der Waals surface area contributed by atoms with Gasteiger partial charge in [-0.1, -0.05) is 25.3 Å². The molecule has 1 N–H and O–H groups in total. The topological polar surface area (TPSA) is 39.7 Å². The van der Waals surface area contributed by atoms with Crippen LogP contribution in [0, 0.1) is 0 Å². The highest BCUT2D eigenvalue weighted by molar-refractivity contribution is 5.48. The van der Waals surface area contributed by atoms with Gasteiger partial charge in [0.25, 0.3) is 0 Å². The second kappa shape index (κ2) is 7.14. The van der Waals surface area contributed by atoms with Gasteiger partial charge in [0.05, 0.1) is 31.4 Å². The predicted molar refractivity (Wildman–Crippen MR) is 84.2 cm³/mol. The molecule has 1 fully saturated rings. The third kappa shape index (κ3) is 3.01. The molecule has 0 radical (unpaired) electrons. The van der Waals surface area contributed by atoms with E-state index in [1.54, 1.807) is 14.2 Å². The van der Waals surface area contributed by atoms with Gasteiger partial charge in [-0.25, -0.2) is 0 Å². The third-order valence-corrected chi connectivity index (χ3v) is 4.68. The SMILES string of the molecule is CNC(c1c(OC)cccc1OC)C1(OC)CCCCC1. The third-order valence-electron chi connectivity index (χ3n) is 4.68. The van der Waals surface area contributed by atoms with Gasteiger partial charge in [0, 0.05) is 7.11 Å². The van der Waals surface area contributed by atoms with E-state index in [2.05, 4.69) is 5.32 Å². The lowest BCUT2D eigenvalue weighted by atomic mass is 9.76. The monoisotopic (exact) mass is 293 g/mol. The van der Waals surface area contributed by atoms with Crippen molar-refractivity contribution in [2.24, 2.45) is 0 Å². The summed E-state index contributed by atoms with van der Waals surface area (Å²) in [5, 5.41) is 3.44. The highest BCUT2D eigenvalue weighted by Crippen LogP contribution is 2.46. The zero-order valence-electron chi connectivity index (χ0n) is 13.6. The van der Waals surface area contributed by atoms with E-state index in [1.165, 1.54) is 19.3 Å². The first-order chi connectivity index (χ1) is 10.2. The minimum absolute atomic E-state index is 0.0499. The van der Waals surface area contributed by atoms with Gasteiger partial charge in [0.15, 0.2) is 0 Å². The Morgan fingerprint density at radius 3 is 2.00 bits per heavy atom. The average molecular weight is 293 g/mol. The maximum atomic E-state index is 6.01. The van der Waals surface area contributed by atoms with E-state index in [0.29, 0.717) is 0 Å². The van der Waals surface area contributed by atoms with Crippen molar-refractivity contribution in [3.8, 4) is 11.5 Å². The number of likely N-dealkylation sites (N-methyl/N-ethyl adjacent to an activating group) is 1. The number of hydrogen-bond acceptors (Lipinski definition) is 4. The van der Waals surface area contributed by atoms with E-state index < -0.39 is 0 Å². The van der Waals surface area contributed by atoms with Crippen molar-refractivity contribution in [3.63, 3.8) is 0 Å². The van der Waals surface area contributed by atoms with Gasteiger partial charge in [-0.15, -0.1) is 0 Å². The zero-order valence-corrected chi connectivity index (χ0v) is 13.6. The predicted octanol–water partition coefficient (Wildman–Crippen LogP) is 3.31. The number of nitrogens with one attached hydrogen (secondary N) is 1. The van der Waals surface area contributed by atoms with Crippen LogP contribution < -0.4 is 14.8 Å². The largest absolute Gasteiger partial charge is 0.496 e. The van der Waals surface area contributed by atoms with E-state index in [0.717, 1.165) is 29.9 Å². The summed E-state index contributed by atoms with van der Waals surface area (Å²) in [4.78, 5) is 0. The number of ether oxygens (including phenoxy) is 3. The second-order valence-corrected chi connectivity index (χ2v) is 5.63. The van der Waals surface area contributed by atoms with Crippen LogP contribution in [-0.2, 0) is 4.74 Å². The molecule has 0 heterocycles. The molecule has 1 aliphatic carbocycles. The summed E-state index contributed by atoms with van der Waals surface area (Å²) in [6, 6.07) is 5.96. The molecule has 0 aliphatic heterocycles. The van der Waals surface area contributed by atoms with Crippen LogP contribution >= 0.6 is 0 Å². The number of rotatable bonds is 6. The molecule has 0 bridgehead atoms. The van der Waals surface area contributed by atoms with Crippen LogP contribution in [0.5, 0.6) is 11.5 Å². The Morgan fingerprint density at radius 2 is 1.57 bits per heavy atom. The Hall–Kier alpha value is -1.26. The van der Waals surface area contributed by atoms with Gasteiger partial charge in [-0.3, -0.25) is 0 Å². The molecule has 118 valence electrons. The molecule has 4 nitrogen and oxygen atoms in total. The van der Waals surface area contributed by atoms with Crippen molar-refractivity contribution in [1.82, 2.24) is 5.32 Å². The van der Waals surface area contributed by atoms with Gasteiger partial charge in [-0.05, 0) is 32.0 Å². The zero-order chi connectivity index (χ0) is 15.3. The van der Waals surface area contributed by atoms with E-state index >= 15 is 0 Å². The maximum Gasteiger partial charge on any atom is 0.127 e. The fraction of sp³-hybridized carbons (Fsp3) is 0.647. The molecule has 0 saturated heterocycles. The Morgan fingerprint density at radius 1 is 1.00 bits per heavy atom. The Labute approximate surface area is 127 Å². The van der Waals surface area contributed by atoms with Crippen molar-refractivity contribution in [2.45, 2.75) is 43.7 Å². The summed E-state index contributed by atoms with van der Waals surface area (Å²) in [5.41, 5.74) is 0.850. The molecule has 1 aliphatic rings. The molecule has 0 amide bonds. The summed E-state index contributed by atoms with van der Waals surface area (Å²) >= 11 is 0. The molecule has 4 heteroatoms. The van der Waals surface area contributed by atoms with Gasteiger partial charge < -0.3 is 19.5 Å². The number of methoxy groups -OCH3 is 3. The van der Waals surface area contributed by atoms with Gasteiger partial charge >= 0.3 is 0 Å². The van der Waals surface area contributed by atoms with Crippen LogP contribution in [0.4, 0.5) is 0 Å². The summed E-state index contributed by atoms with van der Waals surface area (Å²) in [5.74, 6) is 1.69. The lowest BCUT2D eigenvalue weighted by molar-refractivity contribution is -0.0679. The second-order valence-electron chi connectivity index (χ2n) is 5.63. The first-order valence-corrected chi connectivity index (χ1v) is 7.65. The molecular weight excluding hydrogens is 266 g/mol. The molecule has 1 aromatic carbocycles. The average Bonchev–Trinajstić information content (AvgIpc) is 2.56. The molecule has 1 saturated carbocycles. The standard InChI is InChI=1S/C17H27NO3/c1-18-16(17(21-4)11-6-5-7-12-17)15-13(19-2)9-8-10-14(15)20-3/h8-10,16,18H,5-7,11-12H2,1-4H3. The van der Waals surface area contributed by atoms with Crippen LogP contribution in [0.1, 0.15) is 43.7 Å². The van der Waals surface area contributed by atoms with Crippen LogP contribution in [0.15, 0.2) is 18.2 Å². The number of hydrogen-bond donors (Lipinski definition) is 1. The van der Waals surface area contributed by atoms with Crippen molar-refractivity contribution in [3.05, 3.63) is 23.8 Å². The van der Waals surface area contributed by atoms with Gasteiger partial charge in [0.2, 0.25) is 0 Å². The lowest BCUT2D eigenvalue weighted by Gasteiger charge is -2.43. The van der Waals surface area contributed by atoms with Crippen LogP contribution in [-0.4, -0.2) is 34.0 Å². The van der Waals surface area contributed by atoms with E-state index in [-0.39, 0.29) is 11.6 Å². The van der Waals surface area contributed by atoms with Crippen LogP contribution in [0.3, 0.4) is 0 Å². The van der Waals surface area contributed by atoms with Gasteiger partial charge in [-0.2, -0.15) is 0 Å². The molecule has 2 rings (SSSR count). The number of benzene rings is 1. The van der Waals surface area contributed by atoms with Crippen molar-refractivity contribution < 1.29 is 14.2 Å². The first kappa shape index (κ1) is 16.1. The first-order valence-electron chi connectivity index (χ1n) is 7.65.